The highest BCUT2D eigenvalue weighted by Gasteiger charge is 2.16. The molecule has 104 valence electrons. The second-order valence-electron chi connectivity index (χ2n) is 4.00. The molecule has 0 N–H and O–H groups in total. The van der Waals surface area contributed by atoms with Crippen LogP contribution in [0.15, 0.2) is 30.5 Å². The van der Waals surface area contributed by atoms with Gasteiger partial charge in [-0.05, 0) is 18.2 Å². The van der Waals surface area contributed by atoms with Crippen LogP contribution in [0.5, 0.6) is 5.75 Å². The lowest BCUT2D eigenvalue weighted by Gasteiger charge is -2.08. The van der Waals surface area contributed by atoms with Crippen LogP contribution in [-0.4, -0.2) is 36.0 Å². The van der Waals surface area contributed by atoms with Crippen molar-refractivity contribution in [1.82, 2.24) is 4.98 Å². The average molecular weight is 276 g/mol. The lowest BCUT2D eigenvalue weighted by atomic mass is 10.1. The monoisotopic (exact) mass is 276 g/mol. The Bertz CT molecular complexity index is 656. The molecule has 1 aromatic heterocycles. The van der Waals surface area contributed by atoms with Crippen molar-refractivity contribution in [2.75, 3.05) is 20.3 Å². The maximum atomic E-state index is 11.4. The van der Waals surface area contributed by atoms with E-state index >= 15 is 0 Å². The Kier molecular flexibility index (Phi) is 4.21. The number of ether oxygens (including phenoxy) is 2. The fourth-order valence-electron chi connectivity index (χ4n) is 1.77. The molecule has 7 nitrogen and oxygen atoms in total. The largest absolute Gasteiger partial charge is 0.485 e. The van der Waals surface area contributed by atoms with Crippen LogP contribution in [-0.2, 0) is 9.53 Å². The predicted molar refractivity (Wildman–Crippen MR) is 70.8 cm³/mol. The molecule has 1 aromatic carbocycles. The molecule has 0 saturated heterocycles. The predicted octanol–water partition coefficient (Wildman–Crippen LogP) is 1.74. The smallest absolute Gasteiger partial charge is 0.295 e. The summed E-state index contributed by atoms with van der Waals surface area (Å²) in [6.45, 7) is -0.196. The second-order valence-corrected chi connectivity index (χ2v) is 4.00. The molecule has 0 atom stereocenters. The SMILES string of the molecule is COCC(=O)COc1ccc([N+](=O)[O-])c2ncccc12. The number of non-ortho nitro benzene ring substituents is 1. The molecule has 0 unspecified atom stereocenters. The molecule has 0 aliphatic heterocycles. The number of nitro benzene ring substituents is 1. The molecule has 2 aromatic rings. The van der Waals surface area contributed by atoms with E-state index in [2.05, 4.69) is 4.98 Å². The first kappa shape index (κ1) is 13.9. The summed E-state index contributed by atoms with van der Waals surface area (Å²) in [5.74, 6) is 0.158. The quantitative estimate of drug-likeness (QED) is 0.589. The van der Waals surface area contributed by atoms with Gasteiger partial charge < -0.3 is 9.47 Å². The fourth-order valence-corrected chi connectivity index (χ4v) is 1.77. The summed E-state index contributed by atoms with van der Waals surface area (Å²) >= 11 is 0. The molecule has 7 heteroatoms. The Morgan fingerprint density at radius 3 is 2.85 bits per heavy atom. The van der Waals surface area contributed by atoms with E-state index in [1.165, 1.54) is 25.4 Å². The number of ketones is 1. The molecule has 0 spiro atoms. The van der Waals surface area contributed by atoms with Crippen LogP contribution in [0.3, 0.4) is 0 Å². The van der Waals surface area contributed by atoms with E-state index in [0.717, 1.165) is 0 Å². The lowest BCUT2D eigenvalue weighted by molar-refractivity contribution is -0.383. The Hall–Kier alpha value is -2.54. The minimum Gasteiger partial charge on any atom is -0.485 e. The number of nitrogens with zero attached hydrogens (tertiary/aromatic N) is 2. The highest BCUT2D eigenvalue weighted by molar-refractivity contribution is 5.92. The number of methoxy groups -OCH3 is 1. The summed E-state index contributed by atoms with van der Waals surface area (Å²) in [6, 6.07) is 6.08. The van der Waals surface area contributed by atoms with Crippen LogP contribution in [0.25, 0.3) is 10.9 Å². The van der Waals surface area contributed by atoms with Crippen LogP contribution in [0.2, 0.25) is 0 Å². The van der Waals surface area contributed by atoms with Gasteiger partial charge in [-0.3, -0.25) is 14.9 Å². The third-order valence-electron chi connectivity index (χ3n) is 2.60. The third kappa shape index (κ3) is 2.89. The van der Waals surface area contributed by atoms with Crippen LogP contribution in [0.4, 0.5) is 5.69 Å². The second kappa shape index (κ2) is 6.07. The summed E-state index contributed by atoms with van der Waals surface area (Å²) in [5, 5.41) is 11.4. The van der Waals surface area contributed by atoms with Crippen molar-refractivity contribution in [3.8, 4) is 5.75 Å². The van der Waals surface area contributed by atoms with Gasteiger partial charge in [0.05, 0.1) is 4.92 Å². The summed E-state index contributed by atoms with van der Waals surface area (Å²) < 4.78 is 10.1. The molecule has 1 heterocycles. The molecule has 0 fully saturated rings. The summed E-state index contributed by atoms with van der Waals surface area (Å²) in [7, 11) is 1.42. The van der Waals surface area contributed by atoms with Gasteiger partial charge in [0.15, 0.2) is 11.3 Å². The molecular formula is C13H12N2O5. The Balaban J connectivity index is 2.33. The molecule has 0 aliphatic carbocycles. The molecule has 0 saturated carbocycles. The van der Waals surface area contributed by atoms with Gasteiger partial charge in [0.2, 0.25) is 0 Å². The van der Waals surface area contributed by atoms with Gasteiger partial charge >= 0.3 is 0 Å². The van der Waals surface area contributed by atoms with Gasteiger partial charge in [-0.25, -0.2) is 4.98 Å². The maximum Gasteiger partial charge on any atom is 0.295 e. The van der Waals surface area contributed by atoms with Crippen LogP contribution in [0.1, 0.15) is 0 Å². The van der Waals surface area contributed by atoms with Crippen molar-refractivity contribution < 1.29 is 19.2 Å². The number of aromatic nitrogens is 1. The van der Waals surface area contributed by atoms with Crippen molar-refractivity contribution in [1.29, 1.82) is 0 Å². The minimum absolute atomic E-state index is 0.0385. The van der Waals surface area contributed by atoms with Crippen LogP contribution < -0.4 is 4.74 Å². The van der Waals surface area contributed by atoms with Gasteiger partial charge in [0, 0.05) is 24.8 Å². The Labute approximate surface area is 114 Å². The summed E-state index contributed by atoms with van der Waals surface area (Å²) in [5.41, 5.74) is 0.130. The Morgan fingerprint density at radius 1 is 1.35 bits per heavy atom. The summed E-state index contributed by atoms with van der Waals surface area (Å²) in [6.07, 6.45) is 1.47. The average Bonchev–Trinajstić information content (AvgIpc) is 2.44. The highest BCUT2D eigenvalue weighted by Crippen LogP contribution is 2.31. The highest BCUT2D eigenvalue weighted by atomic mass is 16.6. The van der Waals surface area contributed by atoms with E-state index in [1.807, 2.05) is 0 Å². The Morgan fingerprint density at radius 2 is 2.15 bits per heavy atom. The first-order valence-corrected chi connectivity index (χ1v) is 5.79. The third-order valence-corrected chi connectivity index (χ3v) is 2.60. The molecule has 0 bridgehead atoms. The number of benzene rings is 1. The van der Waals surface area contributed by atoms with Crippen molar-refractivity contribution >= 4 is 22.4 Å². The summed E-state index contributed by atoms with van der Waals surface area (Å²) in [4.78, 5) is 25.8. The number of rotatable bonds is 6. The number of carbonyl (C=O) groups is 1. The van der Waals surface area contributed by atoms with E-state index < -0.39 is 4.92 Å². The van der Waals surface area contributed by atoms with Crippen molar-refractivity contribution in [2.24, 2.45) is 0 Å². The number of Topliss-reactive ketones (excluding diaryl/α,β-unsaturated/α-hetero) is 1. The fraction of sp³-hybridized carbons (Fsp3) is 0.231. The topological polar surface area (TPSA) is 91.6 Å². The number of hydrogen-bond donors (Lipinski definition) is 0. The zero-order chi connectivity index (χ0) is 14.5. The first-order valence-electron chi connectivity index (χ1n) is 5.79. The number of nitro groups is 1. The normalized spacial score (nSPS) is 10.4. The van der Waals surface area contributed by atoms with E-state index in [0.29, 0.717) is 11.1 Å². The minimum atomic E-state index is -0.505. The van der Waals surface area contributed by atoms with E-state index in [1.54, 1.807) is 12.1 Å². The van der Waals surface area contributed by atoms with Crippen LogP contribution in [0, 0.1) is 10.1 Å². The number of fused-ring (bicyclic) bond motifs is 1. The molecule has 0 radical (unpaired) electrons. The zero-order valence-corrected chi connectivity index (χ0v) is 10.7. The molecule has 0 aliphatic rings. The van der Waals surface area contributed by atoms with Gasteiger partial charge in [0.25, 0.3) is 5.69 Å². The molecule has 2 rings (SSSR count). The van der Waals surface area contributed by atoms with Crippen molar-refractivity contribution in [3.05, 3.63) is 40.6 Å². The molecule has 0 amide bonds. The number of hydrogen-bond acceptors (Lipinski definition) is 6. The van der Waals surface area contributed by atoms with Crippen molar-refractivity contribution in [3.63, 3.8) is 0 Å². The molecule has 20 heavy (non-hydrogen) atoms. The van der Waals surface area contributed by atoms with E-state index in [-0.39, 0.29) is 30.2 Å². The van der Waals surface area contributed by atoms with Crippen molar-refractivity contribution in [2.45, 2.75) is 0 Å². The lowest BCUT2D eigenvalue weighted by Crippen LogP contribution is -2.16. The van der Waals surface area contributed by atoms with Gasteiger partial charge in [-0.1, -0.05) is 0 Å². The zero-order valence-electron chi connectivity index (χ0n) is 10.7. The maximum absolute atomic E-state index is 11.4. The van der Waals surface area contributed by atoms with Gasteiger partial charge in [-0.15, -0.1) is 0 Å². The van der Waals surface area contributed by atoms with Gasteiger partial charge in [-0.2, -0.15) is 0 Å². The standard InChI is InChI=1S/C13H12N2O5/c1-19-7-9(16)8-20-12-5-4-11(15(17)18)13-10(12)3-2-6-14-13/h2-6H,7-8H2,1H3. The van der Waals surface area contributed by atoms with E-state index in [4.69, 9.17) is 9.47 Å². The number of carbonyl (C=O) groups excluding carboxylic acids is 1. The number of pyridine rings is 1. The van der Waals surface area contributed by atoms with Crippen LogP contribution >= 0.6 is 0 Å². The molecular weight excluding hydrogens is 264 g/mol. The first-order chi connectivity index (χ1) is 9.63. The van der Waals surface area contributed by atoms with Gasteiger partial charge in [0.1, 0.15) is 19.0 Å². The van der Waals surface area contributed by atoms with E-state index in [9.17, 15) is 14.9 Å².